The molecule has 0 aromatic rings. The predicted molar refractivity (Wildman–Crippen MR) is 106 cm³/mol. The molecule has 4 aliphatic carbocycles. The lowest BCUT2D eigenvalue weighted by Crippen LogP contribution is -2.62. The van der Waals surface area contributed by atoms with Gasteiger partial charge in [-0.15, -0.1) is 0 Å². The molecule has 4 fully saturated rings. The molecule has 0 saturated heterocycles. The van der Waals surface area contributed by atoms with E-state index in [1.165, 1.54) is 6.42 Å². The average Bonchev–Trinajstić information content (AvgIpc) is 2.57. The summed E-state index contributed by atoms with van der Waals surface area (Å²) in [6, 6.07) is 0. The summed E-state index contributed by atoms with van der Waals surface area (Å²) in [6.45, 7) is 13.8. The van der Waals surface area contributed by atoms with Gasteiger partial charge in [-0.25, -0.2) is 0 Å². The molecule has 0 radical (unpaired) electrons. The average molecular weight is 381 g/mol. The first-order valence-electron chi connectivity index (χ1n) is 11.0. The van der Waals surface area contributed by atoms with Gasteiger partial charge in [-0.05, 0) is 76.0 Å². The Morgan fingerprint density at radius 2 is 1.56 bits per heavy atom. The molecule has 0 N–H and O–H groups in total. The van der Waals surface area contributed by atoms with Gasteiger partial charge in [0.25, 0.3) is 0 Å². The largest absolute Gasteiger partial charge is 0.459 e. The van der Waals surface area contributed by atoms with Crippen molar-refractivity contribution in [3.8, 4) is 0 Å². The van der Waals surface area contributed by atoms with Gasteiger partial charge in [0.05, 0.1) is 17.6 Å². The first kappa shape index (κ1) is 21.1. The topological polar surface area (TPSA) is 44.8 Å². The fourth-order valence-corrected chi connectivity index (χ4v) is 5.45. The summed E-state index contributed by atoms with van der Waals surface area (Å²) < 4.78 is 18.5. The highest BCUT2D eigenvalue weighted by Crippen LogP contribution is 2.60. The first-order chi connectivity index (χ1) is 12.5. The monoisotopic (exact) mass is 380 g/mol. The van der Waals surface area contributed by atoms with Crippen LogP contribution in [-0.2, 0) is 19.0 Å². The summed E-state index contributed by atoms with van der Waals surface area (Å²) in [5, 5.41) is 0. The van der Waals surface area contributed by atoms with E-state index in [1.54, 1.807) is 0 Å². The standard InChI is InChI=1S/C23H40O4/c1-7-20(3,4)15-25-16-26-22-10-17-9-18(11-22)13-23(12-17,14-22)27-19(24)21(5,6)8-2/h17-18H,7-16H2,1-6H3. The molecule has 27 heavy (non-hydrogen) atoms. The second-order valence-corrected chi connectivity index (χ2v) is 11.1. The molecule has 2 unspecified atom stereocenters. The summed E-state index contributed by atoms with van der Waals surface area (Å²) >= 11 is 0. The number of esters is 1. The van der Waals surface area contributed by atoms with Crippen LogP contribution in [0.15, 0.2) is 0 Å². The van der Waals surface area contributed by atoms with Crippen LogP contribution in [-0.4, -0.2) is 30.6 Å². The van der Waals surface area contributed by atoms with E-state index in [0.717, 1.165) is 51.6 Å². The molecule has 156 valence electrons. The van der Waals surface area contributed by atoms with Gasteiger partial charge in [-0.1, -0.05) is 27.7 Å². The third-order valence-electron chi connectivity index (χ3n) is 7.60. The maximum Gasteiger partial charge on any atom is 0.312 e. The maximum atomic E-state index is 12.8. The molecule has 0 heterocycles. The van der Waals surface area contributed by atoms with Gasteiger partial charge in [0.1, 0.15) is 12.4 Å². The number of carbonyl (C=O) groups is 1. The van der Waals surface area contributed by atoms with Crippen LogP contribution in [0.25, 0.3) is 0 Å². The van der Waals surface area contributed by atoms with E-state index < -0.39 is 5.41 Å². The lowest BCUT2D eigenvalue weighted by Gasteiger charge is -2.60. The molecule has 4 heteroatoms. The molecule has 0 spiro atoms. The van der Waals surface area contributed by atoms with Gasteiger partial charge in [0, 0.05) is 6.42 Å². The molecular weight excluding hydrogens is 340 g/mol. The molecule has 2 atom stereocenters. The van der Waals surface area contributed by atoms with Gasteiger partial charge in [-0.2, -0.15) is 0 Å². The highest BCUT2D eigenvalue weighted by molar-refractivity contribution is 5.76. The van der Waals surface area contributed by atoms with Crippen LogP contribution in [0.1, 0.15) is 92.9 Å². The Bertz CT molecular complexity index is 537. The molecule has 4 bridgehead atoms. The van der Waals surface area contributed by atoms with E-state index in [-0.39, 0.29) is 22.6 Å². The lowest BCUT2D eigenvalue weighted by atomic mass is 9.52. The zero-order chi connectivity index (χ0) is 19.9. The Labute approximate surface area is 165 Å². The van der Waals surface area contributed by atoms with Crippen LogP contribution >= 0.6 is 0 Å². The molecule has 4 aliphatic rings. The van der Waals surface area contributed by atoms with E-state index in [2.05, 4.69) is 27.7 Å². The van der Waals surface area contributed by atoms with Crippen LogP contribution < -0.4 is 0 Å². The predicted octanol–water partition coefficient (Wildman–Crippen LogP) is 5.48. The second kappa shape index (κ2) is 7.33. The summed E-state index contributed by atoms with van der Waals surface area (Å²) in [4.78, 5) is 12.8. The second-order valence-electron chi connectivity index (χ2n) is 11.1. The quantitative estimate of drug-likeness (QED) is 0.302. The third-order valence-corrected chi connectivity index (χ3v) is 7.60. The number of rotatable bonds is 9. The van der Waals surface area contributed by atoms with E-state index >= 15 is 0 Å². The molecule has 0 amide bonds. The summed E-state index contributed by atoms with van der Waals surface area (Å²) in [6.07, 6.45) is 8.24. The Kier molecular flexibility index (Phi) is 5.73. The normalized spacial score (nSPS) is 35.5. The molecule has 4 nitrogen and oxygen atoms in total. The van der Waals surface area contributed by atoms with Gasteiger partial charge in [-0.3, -0.25) is 4.79 Å². The van der Waals surface area contributed by atoms with Gasteiger partial charge >= 0.3 is 5.97 Å². The Hall–Kier alpha value is -0.610. The van der Waals surface area contributed by atoms with Crippen LogP contribution in [0.4, 0.5) is 0 Å². The minimum absolute atomic E-state index is 0.0388. The zero-order valence-corrected chi connectivity index (χ0v) is 18.4. The van der Waals surface area contributed by atoms with Gasteiger partial charge in [0.15, 0.2) is 0 Å². The van der Waals surface area contributed by atoms with Crippen molar-refractivity contribution >= 4 is 5.97 Å². The maximum absolute atomic E-state index is 12.8. The van der Waals surface area contributed by atoms with E-state index in [4.69, 9.17) is 14.2 Å². The van der Waals surface area contributed by atoms with Crippen molar-refractivity contribution in [1.29, 1.82) is 0 Å². The third kappa shape index (κ3) is 4.53. The van der Waals surface area contributed by atoms with Crippen molar-refractivity contribution in [2.75, 3.05) is 13.4 Å². The van der Waals surface area contributed by atoms with Crippen LogP contribution in [0.5, 0.6) is 0 Å². The van der Waals surface area contributed by atoms with Crippen LogP contribution in [0, 0.1) is 22.7 Å². The Morgan fingerprint density at radius 3 is 2.11 bits per heavy atom. The summed E-state index contributed by atoms with van der Waals surface area (Å²) in [5.41, 5.74) is -0.688. The molecule has 0 aliphatic heterocycles. The highest BCUT2D eigenvalue weighted by Gasteiger charge is 2.60. The van der Waals surface area contributed by atoms with E-state index in [9.17, 15) is 4.79 Å². The minimum atomic E-state index is -0.411. The SMILES string of the molecule is CCC(C)(C)COCOC12CC3CC(C1)CC(OC(=O)C(C)(C)CC)(C3)C2. The minimum Gasteiger partial charge on any atom is -0.459 e. The van der Waals surface area contributed by atoms with Crippen molar-refractivity contribution in [3.63, 3.8) is 0 Å². The number of hydrogen-bond donors (Lipinski definition) is 0. The van der Waals surface area contributed by atoms with Crippen molar-refractivity contribution < 1.29 is 19.0 Å². The number of ether oxygens (including phenoxy) is 3. The molecule has 0 aromatic heterocycles. The zero-order valence-electron chi connectivity index (χ0n) is 18.4. The van der Waals surface area contributed by atoms with Crippen LogP contribution in [0.3, 0.4) is 0 Å². The first-order valence-corrected chi connectivity index (χ1v) is 11.0. The van der Waals surface area contributed by atoms with Crippen LogP contribution in [0.2, 0.25) is 0 Å². The Balaban J connectivity index is 1.64. The van der Waals surface area contributed by atoms with Crippen molar-refractivity contribution in [2.45, 2.75) is 104 Å². The smallest absolute Gasteiger partial charge is 0.312 e. The van der Waals surface area contributed by atoms with Crippen molar-refractivity contribution in [1.82, 2.24) is 0 Å². The molecule has 0 aromatic carbocycles. The molecular formula is C23H40O4. The van der Waals surface area contributed by atoms with Crippen molar-refractivity contribution in [3.05, 3.63) is 0 Å². The molecule has 4 saturated carbocycles. The fraction of sp³-hybridized carbons (Fsp3) is 0.957. The van der Waals surface area contributed by atoms with E-state index in [0.29, 0.717) is 18.6 Å². The highest BCUT2D eigenvalue weighted by atomic mass is 16.7. The fourth-order valence-electron chi connectivity index (χ4n) is 5.45. The van der Waals surface area contributed by atoms with Gasteiger partial charge in [0.2, 0.25) is 0 Å². The summed E-state index contributed by atoms with van der Waals surface area (Å²) in [7, 11) is 0. The lowest BCUT2D eigenvalue weighted by molar-refractivity contribution is -0.259. The summed E-state index contributed by atoms with van der Waals surface area (Å²) in [5.74, 6) is 1.20. The van der Waals surface area contributed by atoms with E-state index in [1.807, 2.05) is 13.8 Å². The van der Waals surface area contributed by atoms with Gasteiger partial charge < -0.3 is 14.2 Å². The number of carbonyl (C=O) groups excluding carboxylic acids is 1. The Morgan fingerprint density at radius 1 is 0.963 bits per heavy atom. The van der Waals surface area contributed by atoms with Crippen molar-refractivity contribution in [2.24, 2.45) is 22.7 Å². The molecule has 4 rings (SSSR count). The number of hydrogen-bond acceptors (Lipinski definition) is 4.